The zero-order valence-corrected chi connectivity index (χ0v) is 7.51. The van der Waals surface area contributed by atoms with Crippen molar-refractivity contribution >= 4 is 5.71 Å². The van der Waals surface area contributed by atoms with Gasteiger partial charge in [-0.3, -0.25) is 0 Å². The van der Waals surface area contributed by atoms with Gasteiger partial charge in [-0.2, -0.15) is 0 Å². The van der Waals surface area contributed by atoms with Gasteiger partial charge in [-0.15, -0.1) is 0 Å². The topological polar surface area (TPSA) is 41.8 Å². The van der Waals surface area contributed by atoms with Gasteiger partial charge in [0.05, 0.1) is 16.7 Å². The van der Waals surface area contributed by atoms with Gasteiger partial charge in [0.2, 0.25) is 0 Å². The molecule has 1 rings (SSSR count). The normalized spacial score (nSPS) is 31.5. The van der Waals surface area contributed by atoms with Crippen LogP contribution in [0.25, 0.3) is 0 Å². The van der Waals surface area contributed by atoms with Crippen LogP contribution >= 0.6 is 0 Å². The quantitative estimate of drug-likeness (QED) is 0.620. The first kappa shape index (κ1) is 8.53. The van der Waals surface area contributed by atoms with Crippen molar-refractivity contribution in [1.82, 2.24) is 0 Å². The Bertz CT molecular complexity index is 193. The van der Waals surface area contributed by atoms with Crippen LogP contribution in [0.2, 0.25) is 0 Å². The second-order valence-corrected chi connectivity index (χ2v) is 3.84. The van der Waals surface area contributed by atoms with Crippen LogP contribution in [0.3, 0.4) is 0 Å². The number of oxime groups is 1. The monoisotopic (exact) mass is 157 g/mol. The van der Waals surface area contributed by atoms with Crippen LogP contribution in [-0.2, 0) is 4.84 Å². The van der Waals surface area contributed by atoms with Crippen LogP contribution in [0.4, 0.5) is 0 Å². The first-order chi connectivity index (χ1) is 4.88. The third-order valence-electron chi connectivity index (χ3n) is 2.70. The predicted molar refractivity (Wildman–Crippen MR) is 43.5 cm³/mol. The summed E-state index contributed by atoms with van der Waals surface area (Å²) in [4.78, 5) is 4.93. The van der Waals surface area contributed by atoms with Crippen molar-refractivity contribution in [2.75, 3.05) is 6.61 Å². The molecule has 3 heteroatoms. The molecule has 1 heterocycles. The molecule has 0 saturated heterocycles. The SMILES string of the molecule is CC1=NOCC1(C)C(C)(C)O. The number of rotatable bonds is 1. The Hall–Kier alpha value is -0.570. The summed E-state index contributed by atoms with van der Waals surface area (Å²) in [6.07, 6.45) is 0. The zero-order chi connectivity index (χ0) is 8.70. The average Bonchev–Trinajstić information content (AvgIpc) is 2.12. The lowest BCUT2D eigenvalue weighted by atomic mass is 9.73. The molecular weight excluding hydrogens is 142 g/mol. The molecule has 0 radical (unpaired) electrons. The Balaban J connectivity index is 2.92. The smallest absolute Gasteiger partial charge is 0.130 e. The summed E-state index contributed by atoms with van der Waals surface area (Å²) < 4.78 is 0. The first-order valence-electron chi connectivity index (χ1n) is 3.77. The molecule has 1 aliphatic rings. The molecular formula is C8H15NO2. The molecule has 0 aromatic heterocycles. The van der Waals surface area contributed by atoms with Gasteiger partial charge in [-0.1, -0.05) is 5.16 Å². The van der Waals surface area contributed by atoms with Gasteiger partial charge in [0.25, 0.3) is 0 Å². The molecule has 1 unspecified atom stereocenters. The van der Waals surface area contributed by atoms with Gasteiger partial charge in [0.1, 0.15) is 6.61 Å². The molecule has 0 amide bonds. The van der Waals surface area contributed by atoms with E-state index in [1.54, 1.807) is 13.8 Å². The molecule has 0 aromatic carbocycles. The fourth-order valence-corrected chi connectivity index (χ4v) is 1.08. The van der Waals surface area contributed by atoms with E-state index in [0.717, 1.165) is 5.71 Å². The lowest BCUT2D eigenvalue weighted by Crippen LogP contribution is -2.46. The van der Waals surface area contributed by atoms with Crippen molar-refractivity contribution in [3.8, 4) is 0 Å². The summed E-state index contributed by atoms with van der Waals surface area (Å²) in [6.45, 7) is 7.87. The summed E-state index contributed by atoms with van der Waals surface area (Å²) in [7, 11) is 0. The van der Waals surface area contributed by atoms with Gasteiger partial charge in [0.15, 0.2) is 0 Å². The minimum absolute atomic E-state index is 0.326. The molecule has 0 spiro atoms. The van der Waals surface area contributed by atoms with Crippen LogP contribution in [0.15, 0.2) is 5.16 Å². The van der Waals surface area contributed by atoms with Crippen LogP contribution in [-0.4, -0.2) is 23.0 Å². The summed E-state index contributed by atoms with van der Waals surface area (Å²) in [5, 5.41) is 13.6. The van der Waals surface area contributed by atoms with Crippen molar-refractivity contribution in [1.29, 1.82) is 0 Å². The summed E-state index contributed by atoms with van der Waals surface area (Å²) in [6, 6.07) is 0. The summed E-state index contributed by atoms with van der Waals surface area (Å²) in [5.74, 6) is 0. The molecule has 64 valence electrons. The second kappa shape index (κ2) is 2.21. The van der Waals surface area contributed by atoms with E-state index < -0.39 is 5.60 Å². The zero-order valence-electron chi connectivity index (χ0n) is 7.51. The largest absolute Gasteiger partial charge is 0.395 e. The lowest BCUT2D eigenvalue weighted by molar-refractivity contribution is -0.0330. The maximum atomic E-state index is 9.79. The van der Waals surface area contributed by atoms with E-state index in [0.29, 0.717) is 6.61 Å². The Morgan fingerprint density at radius 2 is 2.18 bits per heavy atom. The molecule has 0 aliphatic carbocycles. The predicted octanol–water partition coefficient (Wildman–Crippen LogP) is 1.17. The molecule has 0 saturated carbocycles. The minimum Gasteiger partial charge on any atom is -0.395 e. The third kappa shape index (κ3) is 1.13. The highest BCUT2D eigenvalue weighted by atomic mass is 16.6. The first-order valence-corrected chi connectivity index (χ1v) is 3.77. The highest BCUT2D eigenvalue weighted by Crippen LogP contribution is 2.36. The van der Waals surface area contributed by atoms with Crippen LogP contribution in [0.5, 0.6) is 0 Å². The van der Waals surface area contributed by atoms with Gasteiger partial charge in [-0.05, 0) is 27.7 Å². The van der Waals surface area contributed by atoms with Gasteiger partial charge >= 0.3 is 0 Å². The summed E-state index contributed by atoms with van der Waals surface area (Å²) in [5.41, 5.74) is -0.227. The standard InChI is InChI=1S/C8H15NO2/c1-6-8(4,5-11-9-6)7(2,3)10/h10H,5H2,1-4H3. The maximum absolute atomic E-state index is 9.79. The molecule has 0 fully saturated rings. The van der Waals surface area contributed by atoms with Crippen molar-refractivity contribution in [3.63, 3.8) is 0 Å². The van der Waals surface area contributed by atoms with E-state index in [1.807, 2.05) is 13.8 Å². The number of hydrogen-bond acceptors (Lipinski definition) is 3. The number of hydrogen-bond donors (Lipinski definition) is 1. The number of nitrogens with zero attached hydrogens (tertiary/aromatic N) is 1. The van der Waals surface area contributed by atoms with Crippen molar-refractivity contribution in [2.24, 2.45) is 10.6 Å². The Morgan fingerprint density at radius 3 is 2.36 bits per heavy atom. The van der Waals surface area contributed by atoms with Gasteiger partial charge < -0.3 is 9.94 Å². The second-order valence-electron chi connectivity index (χ2n) is 3.84. The molecule has 3 nitrogen and oxygen atoms in total. The van der Waals surface area contributed by atoms with Crippen molar-refractivity contribution in [3.05, 3.63) is 0 Å². The molecule has 1 aliphatic heterocycles. The van der Waals surface area contributed by atoms with Crippen LogP contribution < -0.4 is 0 Å². The number of aliphatic hydroxyl groups is 1. The highest BCUT2D eigenvalue weighted by Gasteiger charge is 2.46. The minimum atomic E-state index is -0.767. The van der Waals surface area contributed by atoms with Crippen molar-refractivity contribution < 1.29 is 9.94 Å². The van der Waals surface area contributed by atoms with E-state index in [2.05, 4.69) is 5.16 Å². The van der Waals surface area contributed by atoms with E-state index in [4.69, 9.17) is 4.84 Å². The highest BCUT2D eigenvalue weighted by molar-refractivity contribution is 5.89. The summed E-state index contributed by atoms with van der Waals surface area (Å²) >= 11 is 0. The van der Waals surface area contributed by atoms with Crippen LogP contribution in [0, 0.1) is 5.41 Å². The lowest BCUT2D eigenvalue weighted by Gasteiger charge is -2.34. The molecule has 0 aromatic rings. The van der Waals surface area contributed by atoms with E-state index in [1.165, 1.54) is 0 Å². The van der Waals surface area contributed by atoms with E-state index in [-0.39, 0.29) is 5.41 Å². The Morgan fingerprint density at radius 1 is 1.64 bits per heavy atom. The van der Waals surface area contributed by atoms with Gasteiger partial charge in [-0.25, -0.2) is 0 Å². The molecule has 1 atom stereocenters. The fourth-order valence-electron chi connectivity index (χ4n) is 1.08. The Labute approximate surface area is 67.0 Å². The van der Waals surface area contributed by atoms with Gasteiger partial charge in [0, 0.05) is 0 Å². The fraction of sp³-hybridized carbons (Fsp3) is 0.875. The molecule has 1 N–H and O–H groups in total. The van der Waals surface area contributed by atoms with E-state index in [9.17, 15) is 5.11 Å². The Kier molecular flexibility index (Phi) is 1.71. The van der Waals surface area contributed by atoms with E-state index >= 15 is 0 Å². The van der Waals surface area contributed by atoms with Crippen LogP contribution in [0.1, 0.15) is 27.7 Å². The molecule has 11 heavy (non-hydrogen) atoms. The third-order valence-corrected chi connectivity index (χ3v) is 2.70. The maximum Gasteiger partial charge on any atom is 0.130 e. The van der Waals surface area contributed by atoms with Crippen molar-refractivity contribution in [2.45, 2.75) is 33.3 Å². The average molecular weight is 157 g/mol. The molecule has 0 bridgehead atoms.